The average Bonchev–Trinajstić information content (AvgIpc) is 2.77. The van der Waals surface area contributed by atoms with Gasteiger partial charge in [0, 0.05) is 29.0 Å². The highest BCUT2D eigenvalue weighted by Gasteiger charge is 2.00. The zero-order valence-electron chi connectivity index (χ0n) is 8.64. The summed E-state index contributed by atoms with van der Waals surface area (Å²) < 4.78 is 0. The molecule has 0 bridgehead atoms. The number of aromatic amines is 1. The lowest BCUT2D eigenvalue weighted by Crippen LogP contribution is -1.85. The van der Waals surface area contributed by atoms with Crippen molar-refractivity contribution in [3.63, 3.8) is 0 Å². The predicted octanol–water partition coefficient (Wildman–Crippen LogP) is 2.81. The van der Waals surface area contributed by atoms with Crippen molar-refractivity contribution in [3.8, 4) is 11.1 Å². The molecular weight excluding hydrogens is 198 g/mol. The number of aromatic nitrogens is 2. The van der Waals surface area contributed by atoms with E-state index in [1.807, 2.05) is 42.7 Å². The number of nitrogens with two attached hydrogens (primary N) is 1. The molecule has 0 spiro atoms. The molecule has 2 aromatic heterocycles. The first kappa shape index (κ1) is 8.97. The van der Waals surface area contributed by atoms with E-state index in [1.165, 1.54) is 0 Å². The minimum Gasteiger partial charge on any atom is -0.399 e. The standard InChI is InChI=1S/C13H11N3/c14-12-3-1-9(2-4-12)11-7-10-5-6-15-13(10)16-8-11/h1-8H,14H2,(H,15,16). The number of fused-ring (bicyclic) bond motifs is 1. The minimum atomic E-state index is 0.777. The summed E-state index contributed by atoms with van der Waals surface area (Å²) in [4.78, 5) is 7.43. The number of H-pyrrole nitrogens is 1. The van der Waals surface area contributed by atoms with E-state index in [1.54, 1.807) is 0 Å². The van der Waals surface area contributed by atoms with Gasteiger partial charge >= 0.3 is 0 Å². The van der Waals surface area contributed by atoms with Crippen molar-refractivity contribution in [2.24, 2.45) is 0 Å². The van der Waals surface area contributed by atoms with Crippen LogP contribution in [0.4, 0.5) is 5.69 Å². The van der Waals surface area contributed by atoms with E-state index < -0.39 is 0 Å². The molecule has 16 heavy (non-hydrogen) atoms. The molecular formula is C13H11N3. The Balaban J connectivity index is 2.14. The molecule has 0 aliphatic heterocycles. The maximum absolute atomic E-state index is 5.66. The van der Waals surface area contributed by atoms with Crippen LogP contribution in [0.5, 0.6) is 0 Å². The molecule has 0 fully saturated rings. The molecule has 3 N–H and O–H groups in total. The summed E-state index contributed by atoms with van der Waals surface area (Å²) in [5.41, 5.74) is 9.58. The monoisotopic (exact) mass is 209 g/mol. The number of nitrogen functional groups attached to an aromatic ring is 1. The molecule has 2 heterocycles. The number of benzene rings is 1. The third kappa shape index (κ3) is 1.42. The van der Waals surface area contributed by atoms with Gasteiger partial charge in [0.1, 0.15) is 5.65 Å². The van der Waals surface area contributed by atoms with Gasteiger partial charge in [-0.3, -0.25) is 0 Å². The van der Waals surface area contributed by atoms with Crippen LogP contribution in [0.25, 0.3) is 22.2 Å². The minimum absolute atomic E-state index is 0.777. The average molecular weight is 209 g/mol. The van der Waals surface area contributed by atoms with Crippen LogP contribution in [0.15, 0.2) is 48.8 Å². The number of anilines is 1. The van der Waals surface area contributed by atoms with Gasteiger partial charge in [-0.1, -0.05) is 12.1 Å². The Kier molecular flexibility index (Phi) is 1.90. The third-order valence-electron chi connectivity index (χ3n) is 2.64. The summed E-state index contributed by atoms with van der Waals surface area (Å²) in [6.45, 7) is 0. The van der Waals surface area contributed by atoms with Crippen LogP contribution in [0.2, 0.25) is 0 Å². The van der Waals surface area contributed by atoms with Crippen molar-refractivity contribution in [2.75, 3.05) is 5.73 Å². The van der Waals surface area contributed by atoms with E-state index >= 15 is 0 Å². The molecule has 0 radical (unpaired) electrons. The van der Waals surface area contributed by atoms with Crippen LogP contribution in [0.1, 0.15) is 0 Å². The number of rotatable bonds is 1. The summed E-state index contributed by atoms with van der Waals surface area (Å²) in [6.07, 6.45) is 3.76. The van der Waals surface area contributed by atoms with Crippen molar-refractivity contribution in [3.05, 3.63) is 48.8 Å². The largest absolute Gasteiger partial charge is 0.399 e. The van der Waals surface area contributed by atoms with E-state index in [0.717, 1.165) is 27.8 Å². The lowest BCUT2D eigenvalue weighted by molar-refractivity contribution is 1.33. The van der Waals surface area contributed by atoms with E-state index in [0.29, 0.717) is 0 Å². The van der Waals surface area contributed by atoms with Gasteiger partial charge in [0.05, 0.1) is 0 Å². The second kappa shape index (κ2) is 3.38. The number of pyridine rings is 1. The maximum Gasteiger partial charge on any atom is 0.137 e. The quantitative estimate of drug-likeness (QED) is 0.605. The Hall–Kier alpha value is -2.29. The topological polar surface area (TPSA) is 54.7 Å². The van der Waals surface area contributed by atoms with Gasteiger partial charge in [-0.2, -0.15) is 0 Å². The highest BCUT2D eigenvalue weighted by molar-refractivity contribution is 5.81. The smallest absolute Gasteiger partial charge is 0.137 e. The van der Waals surface area contributed by atoms with Gasteiger partial charge < -0.3 is 10.7 Å². The van der Waals surface area contributed by atoms with Crippen LogP contribution in [0, 0.1) is 0 Å². The van der Waals surface area contributed by atoms with E-state index in [4.69, 9.17) is 5.73 Å². The van der Waals surface area contributed by atoms with Gasteiger partial charge in [-0.25, -0.2) is 4.98 Å². The molecule has 78 valence electrons. The highest BCUT2D eigenvalue weighted by Crippen LogP contribution is 2.22. The second-order valence-corrected chi connectivity index (χ2v) is 3.76. The van der Waals surface area contributed by atoms with Crippen molar-refractivity contribution < 1.29 is 0 Å². The van der Waals surface area contributed by atoms with E-state index in [2.05, 4.69) is 16.0 Å². The number of hydrogen-bond donors (Lipinski definition) is 2. The highest BCUT2D eigenvalue weighted by atomic mass is 14.8. The Bertz CT molecular complexity index is 623. The Morgan fingerprint density at radius 2 is 1.81 bits per heavy atom. The maximum atomic E-state index is 5.66. The van der Waals surface area contributed by atoms with Crippen molar-refractivity contribution in [2.45, 2.75) is 0 Å². The fraction of sp³-hybridized carbons (Fsp3) is 0. The van der Waals surface area contributed by atoms with Crippen molar-refractivity contribution in [1.82, 2.24) is 9.97 Å². The zero-order chi connectivity index (χ0) is 11.0. The van der Waals surface area contributed by atoms with Crippen LogP contribution in [-0.4, -0.2) is 9.97 Å². The summed E-state index contributed by atoms with van der Waals surface area (Å²) >= 11 is 0. The summed E-state index contributed by atoms with van der Waals surface area (Å²) in [6, 6.07) is 11.9. The Morgan fingerprint density at radius 1 is 1.00 bits per heavy atom. The van der Waals surface area contributed by atoms with Crippen molar-refractivity contribution >= 4 is 16.7 Å². The van der Waals surface area contributed by atoms with Gasteiger partial charge in [0.2, 0.25) is 0 Å². The summed E-state index contributed by atoms with van der Waals surface area (Å²) in [7, 11) is 0. The molecule has 0 amide bonds. The van der Waals surface area contributed by atoms with E-state index in [-0.39, 0.29) is 0 Å². The first-order valence-corrected chi connectivity index (χ1v) is 5.12. The van der Waals surface area contributed by atoms with Gasteiger partial charge in [0.15, 0.2) is 0 Å². The zero-order valence-corrected chi connectivity index (χ0v) is 8.64. The molecule has 1 aromatic carbocycles. The normalized spacial score (nSPS) is 10.8. The lowest BCUT2D eigenvalue weighted by atomic mass is 10.1. The summed E-state index contributed by atoms with van der Waals surface area (Å²) in [5.74, 6) is 0. The molecule has 3 nitrogen and oxygen atoms in total. The van der Waals surface area contributed by atoms with Crippen LogP contribution in [-0.2, 0) is 0 Å². The van der Waals surface area contributed by atoms with Crippen LogP contribution in [0.3, 0.4) is 0 Å². The Morgan fingerprint density at radius 3 is 2.62 bits per heavy atom. The molecule has 0 aliphatic carbocycles. The Labute approximate surface area is 92.9 Å². The first-order valence-electron chi connectivity index (χ1n) is 5.12. The number of nitrogens with one attached hydrogen (secondary N) is 1. The fourth-order valence-electron chi connectivity index (χ4n) is 1.77. The molecule has 0 aliphatic rings. The summed E-state index contributed by atoms with van der Waals surface area (Å²) in [5, 5.41) is 1.12. The SMILES string of the molecule is Nc1ccc(-c2cnc3[nH]ccc3c2)cc1. The molecule has 3 rings (SSSR count). The van der Waals surface area contributed by atoms with Gasteiger partial charge in [-0.15, -0.1) is 0 Å². The fourth-order valence-corrected chi connectivity index (χ4v) is 1.77. The molecule has 0 saturated carbocycles. The molecule has 3 heteroatoms. The third-order valence-corrected chi connectivity index (χ3v) is 2.64. The van der Waals surface area contributed by atoms with Gasteiger partial charge in [0.25, 0.3) is 0 Å². The number of nitrogens with zero attached hydrogens (tertiary/aromatic N) is 1. The first-order chi connectivity index (χ1) is 7.83. The van der Waals surface area contributed by atoms with Crippen LogP contribution >= 0.6 is 0 Å². The van der Waals surface area contributed by atoms with Crippen molar-refractivity contribution in [1.29, 1.82) is 0 Å². The van der Waals surface area contributed by atoms with Crippen LogP contribution < -0.4 is 5.73 Å². The molecule has 0 atom stereocenters. The van der Waals surface area contributed by atoms with Gasteiger partial charge in [-0.05, 0) is 29.8 Å². The lowest BCUT2D eigenvalue weighted by Gasteiger charge is -2.01. The van der Waals surface area contributed by atoms with E-state index in [9.17, 15) is 0 Å². The number of hydrogen-bond acceptors (Lipinski definition) is 2. The molecule has 3 aromatic rings. The molecule has 0 unspecified atom stereocenters. The second-order valence-electron chi connectivity index (χ2n) is 3.76. The predicted molar refractivity (Wildman–Crippen MR) is 65.9 cm³/mol. The molecule has 0 saturated heterocycles.